The molecule has 2 N–H and O–H groups in total. The minimum absolute atomic E-state index is 0.0909. The number of ether oxygens (including phenoxy) is 1. The van der Waals surface area contributed by atoms with Crippen molar-refractivity contribution >= 4 is 11.7 Å². The second-order valence-electron chi connectivity index (χ2n) is 4.70. The van der Waals surface area contributed by atoms with Gasteiger partial charge in [0, 0.05) is 18.7 Å². The average molecular weight is 261 g/mol. The minimum Gasteiger partial charge on any atom is -0.479 e. The predicted molar refractivity (Wildman–Crippen MR) is 67.9 cm³/mol. The summed E-state index contributed by atoms with van der Waals surface area (Å²) in [7, 11) is 0. The number of aryl methyl sites for hydroxylation is 2. The van der Waals surface area contributed by atoms with E-state index >= 15 is 0 Å². The molecule has 1 unspecified atom stereocenters. The SMILES string of the molecule is Cc1cc(NC2(C(=O)O)CCOC2)c(C#N)c(C)n1. The number of nitriles is 1. The summed E-state index contributed by atoms with van der Waals surface area (Å²) in [4.78, 5) is 15.7. The van der Waals surface area contributed by atoms with E-state index in [2.05, 4.69) is 16.4 Å². The lowest BCUT2D eigenvalue weighted by molar-refractivity contribution is -0.142. The number of aromatic nitrogens is 1. The lowest BCUT2D eigenvalue weighted by Crippen LogP contribution is -2.47. The monoisotopic (exact) mass is 261 g/mol. The Bertz CT molecular complexity index is 557. The number of carbonyl (C=O) groups is 1. The van der Waals surface area contributed by atoms with Gasteiger partial charge in [-0.1, -0.05) is 0 Å². The molecule has 0 amide bonds. The highest BCUT2D eigenvalue weighted by Crippen LogP contribution is 2.28. The van der Waals surface area contributed by atoms with Crippen LogP contribution in [0, 0.1) is 25.2 Å². The number of hydrogen-bond donors (Lipinski definition) is 2. The maximum atomic E-state index is 11.5. The Morgan fingerprint density at radius 3 is 2.89 bits per heavy atom. The molecule has 1 saturated heterocycles. The number of nitrogens with zero attached hydrogens (tertiary/aromatic N) is 2. The molecule has 19 heavy (non-hydrogen) atoms. The molecule has 2 rings (SSSR count). The summed E-state index contributed by atoms with van der Waals surface area (Å²) < 4.78 is 5.19. The number of carboxylic acids is 1. The maximum Gasteiger partial charge on any atom is 0.331 e. The summed E-state index contributed by atoms with van der Waals surface area (Å²) in [6.07, 6.45) is 0.369. The molecular formula is C13H15N3O3. The summed E-state index contributed by atoms with van der Waals surface area (Å²) >= 11 is 0. The highest BCUT2D eigenvalue weighted by Gasteiger charge is 2.43. The number of anilines is 1. The lowest BCUT2D eigenvalue weighted by Gasteiger charge is -2.26. The zero-order chi connectivity index (χ0) is 14.0. The first-order chi connectivity index (χ1) is 8.98. The van der Waals surface area contributed by atoms with Gasteiger partial charge in [-0.15, -0.1) is 0 Å². The molecule has 6 nitrogen and oxygen atoms in total. The average Bonchev–Trinajstić information content (AvgIpc) is 2.78. The van der Waals surface area contributed by atoms with Crippen LogP contribution < -0.4 is 5.32 Å². The smallest absolute Gasteiger partial charge is 0.331 e. The van der Waals surface area contributed by atoms with Crippen molar-refractivity contribution in [2.24, 2.45) is 0 Å². The molecule has 1 aliphatic rings. The second kappa shape index (κ2) is 4.86. The quantitative estimate of drug-likeness (QED) is 0.849. The van der Waals surface area contributed by atoms with Gasteiger partial charge in [0.25, 0.3) is 0 Å². The molecule has 6 heteroatoms. The van der Waals surface area contributed by atoms with Crippen molar-refractivity contribution in [1.29, 1.82) is 5.26 Å². The third kappa shape index (κ3) is 2.37. The molecule has 0 spiro atoms. The summed E-state index contributed by atoms with van der Waals surface area (Å²) in [5.41, 5.74) is 1.03. The summed E-state index contributed by atoms with van der Waals surface area (Å²) in [6, 6.07) is 3.75. The van der Waals surface area contributed by atoms with Gasteiger partial charge in [-0.2, -0.15) is 5.26 Å². The Hall–Kier alpha value is -2.13. The molecule has 0 radical (unpaired) electrons. The molecular weight excluding hydrogens is 246 g/mol. The van der Waals surface area contributed by atoms with Crippen LogP contribution in [0.4, 0.5) is 5.69 Å². The van der Waals surface area contributed by atoms with E-state index in [1.165, 1.54) is 0 Å². The van der Waals surface area contributed by atoms with Crippen LogP contribution in [-0.2, 0) is 9.53 Å². The molecule has 0 aromatic carbocycles. The van der Waals surface area contributed by atoms with Crippen LogP contribution in [-0.4, -0.2) is 34.8 Å². The first-order valence-corrected chi connectivity index (χ1v) is 5.96. The zero-order valence-electron chi connectivity index (χ0n) is 10.9. The molecule has 1 aromatic rings. The van der Waals surface area contributed by atoms with E-state index < -0.39 is 11.5 Å². The standard InChI is InChI=1S/C13H15N3O3/c1-8-5-11(10(6-14)9(2)15-8)16-13(12(17)18)3-4-19-7-13/h5H,3-4,7H2,1-2H3,(H,15,16)(H,17,18). The van der Waals surface area contributed by atoms with E-state index in [0.29, 0.717) is 30.0 Å². The normalized spacial score (nSPS) is 21.9. The predicted octanol–water partition coefficient (Wildman–Crippen LogP) is 1.23. The van der Waals surface area contributed by atoms with Crippen LogP contribution in [0.5, 0.6) is 0 Å². The molecule has 2 heterocycles. The van der Waals surface area contributed by atoms with Crippen molar-refractivity contribution in [3.8, 4) is 6.07 Å². The van der Waals surface area contributed by atoms with Crippen molar-refractivity contribution < 1.29 is 14.6 Å². The van der Waals surface area contributed by atoms with Crippen molar-refractivity contribution in [2.75, 3.05) is 18.5 Å². The van der Waals surface area contributed by atoms with Gasteiger partial charge < -0.3 is 15.2 Å². The van der Waals surface area contributed by atoms with E-state index in [1.807, 2.05) is 0 Å². The molecule has 0 bridgehead atoms. The highest BCUT2D eigenvalue weighted by molar-refractivity contribution is 5.84. The molecule has 0 saturated carbocycles. The first kappa shape index (κ1) is 13.3. The Labute approximate surface area is 111 Å². The van der Waals surface area contributed by atoms with Crippen LogP contribution in [0.1, 0.15) is 23.4 Å². The fraction of sp³-hybridized carbons (Fsp3) is 0.462. The third-order valence-corrected chi connectivity index (χ3v) is 3.25. The maximum absolute atomic E-state index is 11.5. The number of nitrogens with one attached hydrogen (secondary N) is 1. The van der Waals surface area contributed by atoms with Gasteiger partial charge >= 0.3 is 5.97 Å². The Kier molecular flexibility index (Phi) is 3.40. The van der Waals surface area contributed by atoms with E-state index in [-0.39, 0.29) is 6.61 Å². The van der Waals surface area contributed by atoms with Gasteiger partial charge in [0.2, 0.25) is 0 Å². The second-order valence-corrected chi connectivity index (χ2v) is 4.70. The molecule has 1 fully saturated rings. The molecule has 1 atom stereocenters. The van der Waals surface area contributed by atoms with Crippen LogP contribution in [0.2, 0.25) is 0 Å². The van der Waals surface area contributed by atoms with Gasteiger partial charge in [0.05, 0.1) is 23.6 Å². The number of carboxylic acid groups (broad SMARTS) is 1. The lowest BCUT2D eigenvalue weighted by atomic mass is 9.97. The van der Waals surface area contributed by atoms with Crippen molar-refractivity contribution in [3.63, 3.8) is 0 Å². The number of hydrogen-bond acceptors (Lipinski definition) is 5. The van der Waals surface area contributed by atoms with Crippen LogP contribution in [0.3, 0.4) is 0 Å². The van der Waals surface area contributed by atoms with Gasteiger partial charge in [0.1, 0.15) is 6.07 Å². The van der Waals surface area contributed by atoms with E-state index in [0.717, 1.165) is 5.69 Å². The van der Waals surface area contributed by atoms with Crippen molar-refractivity contribution in [3.05, 3.63) is 23.0 Å². The molecule has 1 aromatic heterocycles. The largest absolute Gasteiger partial charge is 0.479 e. The Morgan fingerprint density at radius 1 is 1.63 bits per heavy atom. The summed E-state index contributed by atoms with van der Waals surface area (Å²) in [5, 5.41) is 21.5. The van der Waals surface area contributed by atoms with Crippen LogP contribution in [0.25, 0.3) is 0 Å². The number of rotatable bonds is 3. The fourth-order valence-corrected chi connectivity index (χ4v) is 2.21. The van der Waals surface area contributed by atoms with Crippen molar-refractivity contribution in [1.82, 2.24) is 4.98 Å². The number of aliphatic carboxylic acids is 1. The molecule has 100 valence electrons. The Morgan fingerprint density at radius 2 is 2.37 bits per heavy atom. The van der Waals surface area contributed by atoms with Crippen molar-refractivity contribution in [2.45, 2.75) is 25.8 Å². The van der Waals surface area contributed by atoms with E-state index in [1.54, 1.807) is 19.9 Å². The van der Waals surface area contributed by atoms with Gasteiger partial charge in [0.15, 0.2) is 5.54 Å². The fourth-order valence-electron chi connectivity index (χ4n) is 2.21. The summed E-state index contributed by atoms with van der Waals surface area (Å²) in [5.74, 6) is -0.971. The minimum atomic E-state index is -1.16. The van der Waals surface area contributed by atoms with Crippen LogP contribution >= 0.6 is 0 Å². The zero-order valence-corrected chi connectivity index (χ0v) is 10.9. The first-order valence-electron chi connectivity index (χ1n) is 5.96. The van der Waals surface area contributed by atoms with E-state index in [9.17, 15) is 15.2 Å². The van der Waals surface area contributed by atoms with Crippen LogP contribution in [0.15, 0.2) is 6.07 Å². The Balaban J connectivity index is 2.43. The summed E-state index contributed by atoms with van der Waals surface area (Å²) in [6.45, 7) is 4.02. The highest BCUT2D eigenvalue weighted by atomic mass is 16.5. The van der Waals surface area contributed by atoms with E-state index in [4.69, 9.17) is 4.74 Å². The third-order valence-electron chi connectivity index (χ3n) is 3.25. The molecule has 1 aliphatic heterocycles. The molecule has 0 aliphatic carbocycles. The van der Waals surface area contributed by atoms with Gasteiger partial charge in [-0.05, 0) is 19.9 Å². The topological polar surface area (TPSA) is 95.2 Å². The van der Waals surface area contributed by atoms with Gasteiger partial charge in [-0.25, -0.2) is 4.79 Å². The van der Waals surface area contributed by atoms with Gasteiger partial charge in [-0.3, -0.25) is 4.98 Å². The number of pyridine rings is 1.